The summed E-state index contributed by atoms with van der Waals surface area (Å²) in [6, 6.07) is 4.26. The predicted molar refractivity (Wildman–Crippen MR) is 72.3 cm³/mol. The van der Waals surface area contributed by atoms with E-state index < -0.39 is 0 Å². The summed E-state index contributed by atoms with van der Waals surface area (Å²) in [5.74, 6) is 0.828. The number of nitrogens with zero attached hydrogens (tertiary/aromatic N) is 4. The molecule has 0 atom stereocenters. The summed E-state index contributed by atoms with van der Waals surface area (Å²) in [4.78, 5) is 13.8. The number of H-pyrrole nitrogens is 1. The second-order valence-electron chi connectivity index (χ2n) is 4.91. The molecule has 1 aliphatic rings. The molecule has 0 saturated heterocycles. The van der Waals surface area contributed by atoms with E-state index in [4.69, 9.17) is 5.73 Å². The molecule has 102 valence electrons. The molecular formula is C12H18N6O. The highest BCUT2D eigenvalue weighted by atomic mass is 16.2. The van der Waals surface area contributed by atoms with Crippen molar-refractivity contribution in [1.82, 2.24) is 19.8 Å². The Morgan fingerprint density at radius 3 is 3.00 bits per heavy atom. The molecule has 19 heavy (non-hydrogen) atoms. The number of aromatic nitrogens is 4. The van der Waals surface area contributed by atoms with Crippen molar-refractivity contribution >= 4 is 11.5 Å². The van der Waals surface area contributed by atoms with Crippen LogP contribution in [0.4, 0.5) is 5.82 Å². The number of hydrogen-bond donors (Lipinski definition) is 2. The van der Waals surface area contributed by atoms with Crippen LogP contribution in [-0.4, -0.2) is 38.9 Å². The van der Waals surface area contributed by atoms with E-state index >= 15 is 0 Å². The van der Waals surface area contributed by atoms with Crippen LogP contribution in [0.5, 0.6) is 0 Å². The molecule has 0 bridgehead atoms. The van der Waals surface area contributed by atoms with Crippen molar-refractivity contribution in [3.05, 3.63) is 22.6 Å². The van der Waals surface area contributed by atoms with Crippen LogP contribution in [0.15, 0.2) is 16.9 Å². The molecule has 2 aromatic heterocycles. The Morgan fingerprint density at radius 2 is 2.32 bits per heavy atom. The van der Waals surface area contributed by atoms with Crippen LogP contribution < -0.4 is 16.3 Å². The lowest BCUT2D eigenvalue weighted by molar-refractivity contribution is 0.381. The highest BCUT2D eigenvalue weighted by Gasteiger charge is 2.26. The van der Waals surface area contributed by atoms with E-state index in [0.29, 0.717) is 18.2 Å². The zero-order chi connectivity index (χ0) is 13.2. The van der Waals surface area contributed by atoms with E-state index in [1.165, 1.54) is 23.8 Å². The van der Waals surface area contributed by atoms with Gasteiger partial charge in [-0.25, -0.2) is 9.89 Å². The molecule has 2 aromatic rings. The highest BCUT2D eigenvalue weighted by Crippen LogP contribution is 2.28. The van der Waals surface area contributed by atoms with Gasteiger partial charge in [0, 0.05) is 12.6 Å². The van der Waals surface area contributed by atoms with Gasteiger partial charge in [-0.05, 0) is 44.4 Å². The molecule has 2 heterocycles. The van der Waals surface area contributed by atoms with Crippen molar-refractivity contribution in [2.45, 2.75) is 31.7 Å². The zero-order valence-electron chi connectivity index (χ0n) is 10.7. The summed E-state index contributed by atoms with van der Waals surface area (Å²) in [7, 11) is 0. The van der Waals surface area contributed by atoms with Crippen LogP contribution >= 0.6 is 0 Å². The average Bonchev–Trinajstić information content (AvgIpc) is 2.73. The van der Waals surface area contributed by atoms with E-state index in [-0.39, 0.29) is 5.69 Å². The maximum Gasteiger partial charge on any atom is 0.364 e. The first-order valence-corrected chi connectivity index (χ1v) is 6.71. The van der Waals surface area contributed by atoms with Gasteiger partial charge in [0.05, 0.1) is 0 Å². The van der Waals surface area contributed by atoms with E-state index in [2.05, 4.69) is 20.2 Å². The predicted octanol–water partition coefficient (Wildman–Crippen LogP) is 0.125. The first-order valence-electron chi connectivity index (χ1n) is 6.71. The van der Waals surface area contributed by atoms with Gasteiger partial charge in [0.25, 0.3) is 0 Å². The summed E-state index contributed by atoms with van der Waals surface area (Å²) in [6.07, 6.45) is 4.56. The lowest BCUT2D eigenvalue weighted by Crippen LogP contribution is -2.42. The van der Waals surface area contributed by atoms with Gasteiger partial charge in [0.1, 0.15) is 5.82 Å². The van der Waals surface area contributed by atoms with Crippen LogP contribution in [0, 0.1) is 0 Å². The average molecular weight is 262 g/mol. The Morgan fingerprint density at radius 1 is 1.47 bits per heavy atom. The maximum atomic E-state index is 11.6. The third-order valence-corrected chi connectivity index (χ3v) is 3.67. The molecule has 3 N–H and O–H groups in total. The smallest absolute Gasteiger partial charge is 0.352 e. The molecule has 0 unspecified atom stereocenters. The summed E-state index contributed by atoms with van der Waals surface area (Å²) >= 11 is 0. The van der Waals surface area contributed by atoms with Crippen molar-refractivity contribution in [3.8, 4) is 0 Å². The molecule has 1 aliphatic carbocycles. The van der Waals surface area contributed by atoms with E-state index in [9.17, 15) is 4.79 Å². The summed E-state index contributed by atoms with van der Waals surface area (Å²) in [5, 5.41) is 10.7. The zero-order valence-corrected chi connectivity index (χ0v) is 10.7. The summed E-state index contributed by atoms with van der Waals surface area (Å²) < 4.78 is 1.31. The molecule has 0 radical (unpaired) electrons. The highest BCUT2D eigenvalue weighted by molar-refractivity contribution is 5.46. The molecule has 1 fully saturated rings. The second kappa shape index (κ2) is 5.00. The lowest BCUT2D eigenvalue weighted by atomic mass is 9.91. The number of nitrogens with one attached hydrogen (secondary N) is 1. The number of nitrogens with two attached hydrogens (primary N) is 1. The first-order chi connectivity index (χ1) is 9.29. The molecule has 1 saturated carbocycles. The van der Waals surface area contributed by atoms with Crippen molar-refractivity contribution in [1.29, 1.82) is 0 Å². The molecule has 7 nitrogen and oxygen atoms in total. The van der Waals surface area contributed by atoms with Gasteiger partial charge >= 0.3 is 5.69 Å². The SMILES string of the molecule is NCCCN(c1ccc2n[nH]c(=O)n2n1)C1CCC1. The Balaban J connectivity index is 1.93. The fourth-order valence-corrected chi connectivity index (χ4v) is 2.39. The van der Waals surface area contributed by atoms with Crippen molar-refractivity contribution < 1.29 is 0 Å². The Labute approximate surface area is 110 Å². The largest absolute Gasteiger partial charge is 0.364 e. The Bertz CT molecular complexity index is 614. The molecule has 0 amide bonds. The maximum absolute atomic E-state index is 11.6. The van der Waals surface area contributed by atoms with Gasteiger partial charge in [0.15, 0.2) is 5.65 Å². The minimum atomic E-state index is -0.302. The number of anilines is 1. The van der Waals surface area contributed by atoms with Gasteiger partial charge < -0.3 is 10.6 Å². The van der Waals surface area contributed by atoms with Gasteiger partial charge in [-0.15, -0.1) is 5.10 Å². The monoisotopic (exact) mass is 262 g/mol. The lowest BCUT2D eigenvalue weighted by Gasteiger charge is -2.38. The summed E-state index contributed by atoms with van der Waals surface area (Å²) in [5.41, 5.74) is 5.84. The number of rotatable bonds is 5. The van der Waals surface area contributed by atoms with Crippen LogP contribution in [0.2, 0.25) is 0 Å². The minimum absolute atomic E-state index is 0.302. The van der Waals surface area contributed by atoms with Crippen LogP contribution in [0.1, 0.15) is 25.7 Å². The second-order valence-corrected chi connectivity index (χ2v) is 4.91. The topological polar surface area (TPSA) is 92.3 Å². The standard InChI is InChI=1S/C12H18N6O/c13-7-2-8-17(9-3-1-4-9)11-6-5-10-14-15-12(19)18(10)16-11/h5-6,9H,1-4,7-8,13H2,(H,15,19). The third kappa shape index (κ3) is 2.21. The van der Waals surface area contributed by atoms with Crippen molar-refractivity contribution in [2.24, 2.45) is 5.73 Å². The Kier molecular flexibility index (Phi) is 3.20. The molecule has 0 aliphatic heterocycles. The summed E-state index contributed by atoms with van der Waals surface area (Å²) in [6.45, 7) is 1.55. The quantitative estimate of drug-likeness (QED) is 0.798. The minimum Gasteiger partial charge on any atom is -0.352 e. The fourth-order valence-electron chi connectivity index (χ4n) is 2.39. The van der Waals surface area contributed by atoms with Crippen molar-refractivity contribution in [2.75, 3.05) is 18.0 Å². The third-order valence-electron chi connectivity index (χ3n) is 3.67. The number of aromatic amines is 1. The normalized spacial score (nSPS) is 15.6. The number of hydrogen-bond acceptors (Lipinski definition) is 5. The Hall–Kier alpha value is -1.89. The molecule has 7 heteroatoms. The van der Waals surface area contributed by atoms with Crippen LogP contribution in [-0.2, 0) is 0 Å². The van der Waals surface area contributed by atoms with Crippen LogP contribution in [0.25, 0.3) is 5.65 Å². The van der Waals surface area contributed by atoms with Gasteiger partial charge in [-0.2, -0.15) is 9.61 Å². The molecular weight excluding hydrogens is 244 g/mol. The number of fused-ring (bicyclic) bond motifs is 1. The van der Waals surface area contributed by atoms with E-state index in [1.807, 2.05) is 12.1 Å². The van der Waals surface area contributed by atoms with E-state index in [0.717, 1.165) is 18.8 Å². The van der Waals surface area contributed by atoms with E-state index in [1.54, 1.807) is 0 Å². The van der Waals surface area contributed by atoms with Crippen LogP contribution in [0.3, 0.4) is 0 Å². The van der Waals surface area contributed by atoms with Crippen molar-refractivity contribution in [3.63, 3.8) is 0 Å². The molecule has 0 aromatic carbocycles. The van der Waals surface area contributed by atoms with Gasteiger partial charge in [0.2, 0.25) is 0 Å². The van der Waals surface area contributed by atoms with Gasteiger partial charge in [-0.3, -0.25) is 0 Å². The fraction of sp³-hybridized carbons (Fsp3) is 0.583. The first kappa shape index (κ1) is 12.2. The molecule has 0 spiro atoms. The van der Waals surface area contributed by atoms with Gasteiger partial charge in [-0.1, -0.05) is 0 Å². The molecule has 3 rings (SSSR count).